The van der Waals surface area contributed by atoms with Gasteiger partial charge in [0.05, 0.1) is 6.04 Å². The molecule has 2 nitrogen and oxygen atoms in total. The van der Waals surface area contributed by atoms with Crippen molar-refractivity contribution in [1.29, 1.82) is 0 Å². The Labute approximate surface area is 114 Å². The van der Waals surface area contributed by atoms with Crippen molar-refractivity contribution in [2.75, 3.05) is 5.32 Å². The Morgan fingerprint density at radius 3 is 2.84 bits per heavy atom. The van der Waals surface area contributed by atoms with E-state index in [1.807, 2.05) is 6.07 Å². The van der Waals surface area contributed by atoms with Crippen molar-refractivity contribution in [1.82, 2.24) is 0 Å². The van der Waals surface area contributed by atoms with Gasteiger partial charge in [-0.15, -0.1) is 0 Å². The highest BCUT2D eigenvalue weighted by Crippen LogP contribution is 2.34. The fourth-order valence-electron chi connectivity index (χ4n) is 2.87. The van der Waals surface area contributed by atoms with Crippen molar-refractivity contribution in [3.05, 3.63) is 59.2 Å². The number of benzene rings is 2. The number of fused-ring (bicyclic) bond motifs is 1. The standard InChI is InChI=1S/C17H19NO/c1-12-5-2-3-7-16(12)18-17-8-4-6-13-11-14(19)9-10-15(13)17/h2-3,5,7,9-11,17-19H,4,6,8H2,1H3. The van der Waals surface area contributed by atoms with Crippen LogP contribution in [0.3, 0.4) is 0 Å². The summed E-state index contributed by atoms with van der Waals surface area (Å²) >= 11 is 0. The fourth-order valence-corrected chi connectivity index (χ4v) is 2.87. The summed E-state index contributed by atoms with van der Waals surface area (Å²) in [5.41, 5.74) is 5.08. The molecule has 0 radical (unpaired) electrons. The maximum atomic E-state index is 9.59. The van der Waals surface area contributed by atoms with Gasteiger partial charge >= 0.3 is 0 Å². The highest BCUT2D eigenvalue weighted by Gasteiger charge is 2.20. The molecule has 2 heteroatoms. The summed E-state index contributed by atoms with van der Waals surface area (Å²) < 4.78 is 0. The van der Waals surface area contributed by atoms with Crippen LogP contribution in [0.2, 0.25) is 0 Å². The van der Waals surface area contributed by atoms with Gasteiger partial charge in [0.2, 0.25) is 0 Å². The second kappa shape index (κ2) is 4.96. The van der Waals surface area contributed by atoms with Crippen molar-refractivity contribution < 1.29 is 5.11 Å². The average Bonchev–Trinajstić information content (AvgIpc) is 2.41. The molecule has 0 aromatic heterocycles. The number of anilines is 1. The maximum Gasteiger partial charge on any atom is 0.115 e. The molecule has 1 aliphatic rings. The van der Waals surface area contributed by atoms with Crippen LogP contribution in [-0.2, 0) is 6.42 Å². The minimum absolute atomic E-state index is 0.352. The molecule has 0 bridgehead atoms. The normalized spacial score (nSPS) is 17.8. The largest absolute Gasteiger partial charge is 0.508 e. The number of phenolic OH excluding ortho intramolecular Hbond substituents is 1. The number of para-hydroxylation sites is 1. The van der Waals surface area contributed by atoms with Crippen LogP contribution in [0, 0.1) is 6.92 Å². The molecule has 0 saturated carbocycles. The molecule has 0 saturated heterocycles. The molecule has 1 aliphatic carbocycles. The number of aromatic hydroxyl groups is 1. The van der Waals surface area contributed by atoms with Gasteiger partial charge < -0.3 is 10.4 Å². The van der Waals surface area contributed by atoms with E-state index >= 15 is 0 Å². The zero-order chi connectivity index (χ0) is 13.2. The molecular formula is C17H19NO. The first-order valence-corrected chi connectivity index (χ1v) is 6.88. The molecule has 2 aromatic carbocycles. The van der Waals surface area contributed by atoms with E-state index in [2.05, 4.69) is 42.6 Å². The predicted octanol–water partition coefficient (Wildman–Crippen LogP) is 4.19. The summed E-state index contributed by atoms with van der Waals surface area (Å²) in [5, 5.41) is 13.2. The van der Waals surface area contributed by atoms with Gasteiger partial charge in [-0.1, -0.05) is 24.3 Å². The minimum Gasteiger partial charge on any atom is -0.508 e. The first-order valence-electron chi connectivity index (χ1n) is 6.88. The van der Waals surface area contributed by atoms with Gasteiger partial charge in [-0.3, -0.25) is 0 Å². The summed E-state index contributed by atoms with van der Waals surface area (Å²) in [6, 6.07) is 14.5. The molecule has 2 N–H and O–H groups in total. The molecule has 0 spiro atoms. The molecule has 0 amide bonds. The van der Waals surface area contributed by atoms with Crippen molar-refractivity contribution >= 4 is 5.69 Å². The van der Waals surface area contributed by atoms with Crippen LogP contribution >= 0.6 is 0 Å². The number of hydrogen-bond donors (Lipinski definition) is 2. The molecular weight excluding hydrogens is 234 g/mol. The Bertz CT molecular complexity index is 592. The molecule has 19 heavy (non-hydrogen) atoms. The third kappa shape index (κ3) is 2.43. The Hall–Kier alpha value is -1.96. The lowest BCUT2D eigenvalue weighted by molar-refractivity contribution is 0.472. The minimum atomic E-state index is 0.352. The van der Waals surface area contributed by atoms with Gasteiger partial charge in [0, 0.05) is 5.69 Å². The van der Waals surface area contributed by atoms with Crippen LogP contribution in [-0.4, -0.2) is 5.11 Å². The molecule has 0 aliphatic heterocycles. The molecule has 2 aromatic rings. The average molecular weight is 253 g/mol. The molecule has 3 rings (SSSR count). The highest BCUT2D eigenvalue weighted by molar-refractivity contribution is 5.53. The third-order valence-electron chi connectivity index (χ3n) is 3.92. The lowest BCUT2D eigenvalue weighted by Crippen LogP contribution is -2.17. The van der Waals surface area contributed by atoms with E-state index < -0.39 is 0 Å². The number of nitrogens with one attached hydrogen (secondary N) is 1. The van der Waals surface area contributed by atoms with Gasteiger partial charge in [-0.2, -0.15) is 0 Å². The van der Waals surface area contributed by atoms with E-state index in [0.29, 0.717) is 11.8 Å². The van der Waals surface area contributed by atoms with E-state index in [-0.39, 0.29) is 0 Å². The van der Waals surface area contributed by atoms with E-state index in [4.69, 9.17) is 0 Å². The Morgan fingerprint density at radius 2 is 2.00 bits per heavy atom. The van der Waals surface area contributed by atoms with E-state index in [1.54, 1.807) is 6.07 Å². The van der Waals surface area contributed by atoms with Crippen molar-refractivity contribution in [3.63, 3.8) is 0 Å². The second-order valence-corrected chi connectivity index (χ2v) is 5.29. The molecule has 0 fully saturated rings. The topological polar surface area (TPSA) is 32.3 Å². The summed E-state index contributed by atoms with van der Waals surface area (Å²) in [7, 11) is 0. The number of hydrogen-bond acceptors (Lipinski definition) is 2. The van der Waals surface area contributed by atoms with Gasteiger partial charge in [0.1, 0.15) is 5.75 Å². The predicted molar refractivity (Wildman–Crippen MR) is 78.6 cm³/mol. The van der Waals surface area contributed by atoms with Crippen molar-refractivity contribution in [2.45, 2.75) is 32.2 Å². The number of aryl methyl sites for hydroxylation is 2. The molecule has 0 heterocycles. The number of rotatable bonds is 2. The van der Waals surface area contributed by atoms with Gasteiger partial charge in [0.15, 0.2) is 0 Å². The number of phenols is 1. The lowest BCUT2D eigenvalue weighted by atomic mass is 9.87. The van der Waals surface area contributed by atoms with Crippen LogP contribution in [0.5, 0.6) is 5.75 Å². The van der Waals surface area contributed by atoms with E-state index in [1.165, 1.54) is 28.8 Å². The van der Waals surface area contributed by atoms with E-state index in [9.17, 15) is 5.11 Å². The Kier molecular flexibility index (Phi) is 3.16. The Balaban J connectivity index is 1.90. The summed E-state index contributed by atoms with van der Waals surface area (Å²) in [6.45, 7) is 2.13. The Morgan fingerprint density at radius 1 is 1.16 bits per heavy atom. The van der Waals surface area contributed by atoms with Crippen molar-refractivity contribution in [3.8, 4) is 5.75 Å². The van der Waals surface area contributed by atoms with E-state index in [0.717, 1.165) is 12.8 Å². The molecule has 1 unspecified atom stereocenters. The first kappa shape index (κ1) is 12.1. The SMILES string of the molecule is Cc1ccccc1NC1CCCc2cc(O)ccc21. The van der Waals surface area contributed by atoms with Crippen molar-refractivity contribution in [2.24, 2.45) is 0 Å². The summed E-state index contributed by atoms with van der Waals surface area (Å²) in [6.07, 6.45) is 3.38. The van der Waals surface area contributed by atoms with Crippen LogP contribution in [0.4, 0.5) is 5.69 Å². The van der Waals surface area contributed by atoms with Gasteiger partial charge in [0.25, 0.3) is 0 Å². The van der Waals surface area contributed by atoms with Gasteiger partial charge in [-0.05, 0) is 61.1 Å². The first-order chi connectivity index (χ1) is 9.24. The van der Waals surface area contributed by atoms with Crippen LogP contribution < -0.4 is 5.32 Å². The lowest BCUT2D eigenvalue weighted by Gasteiger charge is -2.28. The zero-order valence-corrected chi connectivity index (χ0v) is 11.2. The fraction of sp³-hybridized carbons (Fsp3) is 0.294. The quantitative estimate of drug-likeness (QED) is 0.841. The highest BCUT2D eigenvalue weighted by atomic mass is 16.3. The van der Waals surface area contributed by atoms with Gasteiger partial charge in [-0.25, -0.2) is 0 Å². The summed E-state index contributed by atoms with van der Waals surface area (Å²) in [5.74, 6) is 0.371. The molecule has 1 atom stereocenters. The monoisotopic (exact) mass is 253 g/mol. The maximum absolute atomic E-state index is 9.59. The third-order valence-corrected chi connectivity index (χ3v) is 3.92. The van der Waals surface area contributed by atoms with Crippen LogP contribution in [0.25, 0.3) is 0 Å². The summed E-state index contributed by atoms with van der Waals surface area (Å²) in [4.78, 5) is 0. The zero-order valence-electron chi connectivity index (χ0n) is 11.2. The van der Waals surface area contributed by atoms with Crippen LogP contribution in [0.15, 0.2) is 42.5 Å². The molecule has 98 valence electrons. The van der Waals surface area contributed by atoms with Crippen LogP contribution in [0.1, 0.15) is 35.6 Å². The second-order valence-electron chi connectivity index (χ2n) is 5.29. The smallest absolute Gasteiger partial charge is 0.115 e.